The van der Waals surface area contributed by atoms with Crippen molar-refractivity contribution in [2.24, 2.45) is 5.73 Å². The van der Waals surface area contributed by atoms with Crippen LogP contribution in [0.15, 0.2) is 0 Å². The number of ether oxygens (including phenoxy) is 1. The van der Waals surface area contributed by atoms with E-state index in [1.165, 1.54) is 0 Å². The molecule has 1 unspecified atom stereocenters. The minimum atomic E-state index is 0.240. The van der Waals surface area contributed by atoms with Crippen LogP contribution in [0.4, 0.5) is 0 Å². The Bertz CT molecular complexity index is 107. The van der Waals surface area contributed by atoms with E-state index in [1.54, 1.807) is 7.11 Å². The molecule has 0 radical (unpaired) electrons. The molecule has 0 aliphatic heterocycles. The van der Waals surface area contributed by atoms with E-state index in [0.29, 0.717) is 6.04 Å². The lowest BCUT2D eigenvalue weighted by molar-refractivity contribution is 0.0997. The first-order valence-corrected chi connectivity index (χ1v) is 4.60. The van der Waals surface area contributed by atoms with Gasteiger partial charge in [0.05, 0.1) is 6.61 Å². The third-order valence-corrected chi connectivity index (χ3v) is 1.96. The summed E-state index contributed by atoms with van der Waals surface area (Å²) in [4.78, 5) is 2.33. The molecule has 2 atom stereocenters. The van der Waals surface area contributed by atoms with Gasteiger partial charge in [-0.3, -0.25) is 4.90 Å². The summed E-state index contributed by atoms with van der Waals surface area (Å²) in [5.41, 5.74) is 5.72. The van der Waals surface area contributed by atoms with Crippen molar-refractivity contribution in [1.29, 1.82) is 0 Å². The Morgan fingerprint density at radius 2 is 2.00 bits per heavy atom. The molecule has 0 aromatic carbocycles. The second-order valence-electron chi connectivity index (χ2n) is 3.37. The highest BCUT2D eigenvalue weighted by atomic mass is 16.5. The summed E-state index contributed by atoms with van der Waals surface area (Å²) in [7, 11) is 1.73. The third kappa shape index (κ3) is 4.70. The molecular formula is C9H22N2O. The smallest absolute Gasteiger partial charge is 0.0615 e. The van der Waals surface area contributed by atoms with E-state index < -0.39 is 0 Å². The van der Waals surface area contributed by atoms with Crippen molar-refractivity contribution in [2.45, 2.75) is 32.9 Å². The lowest BCUT2D eigenvalue weighted by Crippen LogP contribution is -2.42. The van der Waals surface area contributed by atoms with Crippen molar-refractivity contribution in [3.05, 3.63) is 0 Å². The van der Waals surface area contributed by atoms with Crippen LogP contribution in [0.5, 0.6) is 0 Å². The van der Waals surface area contributed by atoms with Gasteiger partial charge >= 0.3 is 0 Å². The van der Waals surface area contributed by atoms with E-state index in [2.05, 4.69) is 18.7 Å². The highest BCUT2D eigenvalue weighted by molar-refractivity contribution is 4.69. The Hall–Kier alpha value is -0.120. The second-order valence-corrected chi connectivity index (χ2v) is 3.37. The van der Waals surface area contributed by atoms with E-state index in [4.69, 9.17) is 10.5 Å². The lowest BCUT2D eigenvalue weighted by atomic mass is 10.2. The summed E-state index contributed by atoms with van der Waals surface area (Å²) in [6.45, 7) is 9.10. The summed E-state index contributed by atoms with van der Waals surface area (Å²) in [6.07, 6.45) is 0. The van der Waals surface area contributed by atoms with Crippen molar-refractivity contribution >= 4 is 0 Å². The maximum absolute atomic E-state index is 5.72. The maximum atomic E-state index is 5.72. The van der Waals surface area contributed by atoms with Crippen LogP contribution >= 0.6 is 0 Å². The van der Waals surface area contributed by atoms with E-state index in [-0.39, 0.29) is 6.04 Å². The fraction of sp³-hybridized carbons (Fsp3) is 1.00. The SMILES string of the molecule is CCN(C[C@@H](C)N)C(C)COC. The largest absolute Gasteiger partial charge is 0.383 e. The molecule has 3 heteroatoms. The predicted octanol–water partition coefficient (Wildman–Crippen LogP) is 0.690. The Balaban J connectivity index is 3.78. The van der Waals surface area contributed by atoms with Gasteiger partial charge < -0.3 is 10.5 Å². The average molecular weight is 174 g/mol. The molecule has 0 bridgehead atoms. The van der Waals surface area contributed by atoms with Gasteiger partial charge in [-0.1, -0.05) is 6.92 Å². The Kier molecular flexibility index (Phi) is 6.34. The van der Waals surface area contributed by atoms with Crippen molar-refractivity contribution in [1.82, 2.24) is 4.90 Å². The standard InChI is InChI=1S/C9H22N2O/c1-5-11(6-8(2)10)9(3)7-12-4/h8-9H,5-7,10H2,1-4H3/t8-,9?/m1/s1. The summed E-state index contributed by atoms with van der Waals surface area (Å²) in [5.74, 6) is 0. The highest BCUT2D eigenvalue weighted by Crippen LogP contribution is 1.99. The third-order valence-electron chi connectivity index (χ3n) is 1.96. The van der Waals surface area contributed by atoms with Crippen LogP contribution in [-0.2, 0) is 4.74 Å². The van der Waals surface area contributed by atoms with Crippen LogP contribution < -0.4 is 5.73 Å². The minimum absolute atomic E-state index is 0.240. The number of rotatable bonds is 6. The fourth-order valence-corrected chi connectivity index (χ4v) is 1.34. The first-order chi connectivity index (χ1) is 5.61. The number of likely N-dealkylation sites (N-methyl/N-ethyl adjacent to an activating group) is 1. The second kappa shape index (κ2) is 6.40. The number of nitrogens with two attached hydrogens (primary N) is 1. The molecule has 2 N–H and O–H groups in total. The molecule has 0 amide bonds. The molecule has 74 valence electrons. The molecule has 0 saturated heterocycles. The monoisotopic (exact) mass is 174 g/mol. The first-order valence-electron chi connectivity index (χ1n) is 4.60. The van der Waals surface area contributed by atoms with Gasteiger partial charge in [-0.25, -0.2) is 0 Å². The number of hydrogen-bond donors (Lipinski definition) is 1. The molecule has 0 aromatic heterocycles. The summed E-state index contributed by atoms with van der Waals surface area (Å²) in [5, 5.41) is 0. The summed E-state index contributed by atoms with van der Waals surface area (Å²) < 4.78 is 5.09. The van der Waals surface area contributed by atoms with Crippen molar-refractivity contribution in [2.75, 3.05) is 26.8 Å². The van der Waals surface area contributed by atoms with Crippen LogP contribution in [0.1, 0.15) is 20.8 Å². The van der Waals surface area contributed by atoms with Gasteiger partial charge in [0.25, 0.3) is 0 Å². The molecule has 0 rings (SSSR count). The van der Waals surface area contributed by atoms with Crippen molar-refractivity contribution in [3.8, 4) is 0 Å². The van der Waals surface area contributed by atoms with Gasteiger partial charge in [0.1, 0.15) is 0 Å². The summed E-state index contributed by atoms with van der Waals surface area (Å²) >= 11 is 0. The zero-order valence-corrected chi connectivity index (χ0v) is 8.71. The molecular weight excluding hydrogens is 152 g/mol. The van der Waals surface area contributed by atoms with Gasteiger partial charge in [0.2, 0.25) is 0 Å². The van der Waals surface area contributed by atoms with Crippen LogP contribution in [0.2, 0.25) is 0 Å². The van der Waals surface area contributed by atoms with E-state index in [9.17, 15) is 0 Å². The van der Waals surface area contributed by atoms with Gasteiger partial charge in [0.15, 0.2) is 0 Å². The van der Waals surface area contributed by atoms with Crippen LogP contribution in [0.3, 0.4) is 0 Å². The van der Waals surface area contributed by atoms with Crippen molar-refractivity contribution in [3.63, 3.8) is 0 Å². The Labute approximate surface area is 75.9 Å². The maximum Gasteiger partial charge on any atom is 0.0615 e. The van der Waals surface area contributed by atoms with Gasteiger partial charge in [0, 0.05) is 25.7 Å². The Morgan fingerprint density at radius 3 is 2.33 bits per heavy atom. The fourth-order valence-electron chi connectivity index (χ4n) is 1.34. The first kappa shape index (κ1) is 11.9. The van der Waals surface area contributed by atoms with E-state index >= 15 is 0 Å². The number of methoxy groups -OCH3 is 1. The van der Waals surface area contributed by atoms with Crippen molar-refractivity contribution < 1.29 is 4.74 Å². The van der Waals surface area contributed by atoms with E-state index in [1.807, 2.05) is 6.92 Å². The van der Waals surface area contributed by atoms with Gasteiger partial charge in [-0.2, -0.15) is 0 Å². The van der Waals surface area contributed by atoms with E-state index in [0.717, 1.165) is 19.7 Å². The summed E-state index contributed by atoms with van der Waals surface area (Å²) in [6, 6.07) is 0.704. The molecule has 0 aliphatic carbocycles. The number of hydrogen-bond acceptors (Lipinski definition) is 3. The normalized spacial score (nSPS) is 16.5. The quantitative estimate of drug-likeness (QED) is 0.644. The minimum Gasteiger partial charge on any atom is -0.383 e. The number of nitrogens with zero attached hydrogens (tertiary/aromatic N) is 1. The zero-order chi connectivity index (χ0) is 9.56. The average Bonchev–Trinajstić information content (AvgIpc) is 2.00. The Morgan fingerprint density at radius 1 is 1.42 bits per heavy atom. The molecule has 0 spiro atoms. The topological polar surface area (TPSA) is 38.5 Å². The lowest BCUT2D eigenvalue weighted by Gasteiger charge is -2.28. The van der Waals surface area contributed by atoms with Crippen LogP contribution in [-0.4, -0.2) is 43.8 Å². The van der Waals surface area contributed by atoms with Crippen LogP contribution in [0.25, 0.3) is 0 Å². The molecule has 12 heavy (non-hydrogen) atoms. The van der Waals surface area contributed by atoms with Gasteiger partial charge in [-0.05, 0) is 20.4 Å². The highest BCUT2D eigenvalue weighted by Gasteiger charge is 2.12. The van der Waals surface area contributed by atoms with Crippen LogP contribution in [0, 0.1) is 0 Å². The molecule has 3 nitrogen and oxygen atoms in total. The molecule has 0 aliphatic rings. The predicted molar refractivity (Wildman–Crippen MR) is 52.2 cm³/mol. The van der Waals surface area contributed by atoms with Gasteiger partial charge in [-0.15, -0.1) is 0 Å². The molecule has 0 aromatic rings. The molecule has 0 saturated carbocycles. The molecule has 0 fully saturated rings. The zero-order valence-electron chi connectivity index (χ0n) is 8.71. The molecule has 0 heterocycles.